The maximum Gasteiger partial charge on any atom is 0.247 e. The second-order valence-electron chi connectivity index (χ2n) is 6.36. The van der Waals surface area contributed by atoms with Gasteiger partial charge in [0.05, 0.1) is 6.04 Å². The van der Waals surface area contributed by atoms with Crippen molar-refractivity contribution >= 4 is 23.3 Å². The summed E-state index contributed by atoms with van der Waals surface area (Å²) in [6.45, 7) is 4.39. The largest absolute Gasteiger partial charge is 0.350 e. The van der Waals surface area contributed by atoms with Crippen LogP contribution in [-0.4, -0.2) is 30.4 Å². The van der Waals surface area contributed by atoms with E-state index in [1.54, 1.807) is 11.3 Å². The number of carbonyl (C=O) groups excluding carboxylic acids is 1. The highest BCUT2D eigenvalue weighted by Gasteiger charge is 2.24. The van der Waals surface area contributed by atoms with Crippen LogP contribution in [0, 0.1) is 5.82 Å². The van der Waals surface area contributed by atoms with E-state index >= 15 is 0 Å². The summed E-state index contributed by atoms with van der Waals surface area (Å²) in [5, 5.41) is 5.04. The highest BCUT2D eigenvalue weighted by atomic mass is 32.1. The van der Waals surface area contributed by atoms with Gasteiger partial charge in [0.25, 0.3) is 0 Å². The Morgan fingerprint density at radius 1 is 1.28 bits per heavy atom. The van der Waals surface area contributed by atoms with Gasteiger partial charge in [-0.15, -0.1) is 11.3 Å². The quantitative estimate of drug-likeness (QED) is 0.783. The molecule has 1 fully saturated rings. The highest BCUT2D eigenvalue weighted by Crippen LogP contribution is 2.25. The molecule has 1 aliphatic rings. The van der Waals surface area contributed by atoms with Gasteiger partial charge in [0.2, 0.25) is 5.91 Å². The van der Waals surface area contributed by atoms with Crippen LogP contribution in [0.1, 0.15) is 36.2 Å². The van der Waals surface area contributed by atoms with Gasteiger partial charge in [-0.3, -0.25) is 9.69 Å². The fraction of sp³-hybridized carbons (Fsp3) is 0.350. The van der Waals surface area contributed by atoms with Gasteiger partial charge in [0, 0.05) is 17.0 Å². The Hall–Kier alpha value is -1.98. The molecule has 132 valence electrons. The van der Waals surface area contributed by atoms with Gasteiger partial charge in [-0.2, -0.15) is 0 Å². The standard InChI is InChI=1S/C20H23FN2OS/c1-15(13-18-5-4-12-25-18)20(24)22-14-19(23-10-2-3-11-23)16-6-8-17(21)9-7-16/h4-9,12-13,19H,2-3,10-11,14H2,1H3,(H,22,24)/b15-13+. The minimum absolute atomic E-state index is 0.0558. The smallest absolute Gasteiger partial charge is 0.247 e. The minimum atomic E-state index is -0.234. The number of hydrogen-bond acceptors (Lipinski definition) is 3. The molecule has 25 heavy (non-hydrogen) atoms. The summed E-state index contributed by atoms with van der Waals surface area (Å²) in [5.74, 6) is -0.289. The average Bonchev–Trinajstić information content (AvgIpc) is 3.30. The summed E-state index contributed by atoms with van der Waals surface area (Å²) in [7, 11) is 0. The molecule has 1 aliphatic heterocycles. The zero-order valence-electron chi connectivity index (χ0n) is 14.4. The molecule has 1 saturated heterocycles. The third-order valence-electron chi connectivity index (χ3n) is 4.55. The molecule has 1 aromatic carbocycles. The van der Waals surface area contributed by atoms with E-state index in [1.807, 2.05) is 42.6 Å². The first kappa shape index (κ1) is 17.8. The highest BCUT2D eigenvalue weighted by molar-refractivity contribution is 7.10. The summed E-state index contributed by atoms with van der Waals surface area (Å²) in [4.78, 5) is 15.9. The van der Waals surface area contributed by atoms with Crippen LogP contribution < -0.4 is 5.32 Å². The van der Waals surface area contributed by atoms with Crippen molar-refractivity contribution in [3.63, 3.8) is 0 Å². The molecule has 1 amide bonds. The van der Waals surface area contributed by atoms with E-state index in [1.165, 1.54) is 25.0 Å². The number of halogens is 1. The predicted molar refractivity (Wildman–Crippen MR) is 101 cm³/mol. The summed E-state index contributed by atoms with van der Waals surface area (Å²) in [6, 6.07) is 10.7. The van der Waals surface area contributed by atoms with Gasteiger partial charge in [-0.1, -0.05) is 18.2 Å². The Morgan fingerprint density at radius 3 is 2.64 bits per heavy atom. The van der Waals surface area contributed by atoms with Crippen LogP contribution in [-0.2, 0) is 4.79 Å². The third-order valence-corrected chi connectivity index (χ3v) is 5.37. The monoisotopic (exact) mass is 358 g/mol. The first-order valence-electron chi connectivity index (χ1n) is 8.63. The van der Waals surface area contributed by atoms with E-state index in [0.717, 1.165) is 23.5 Å². The number of benzene rings is 1. The molecule has 1 aromatic heterocycles. The maximum atomic E-state index is 13.2. The van der Waals surface area contributed by atoms with Crippen LogP contribution in [0.2, 0.25) is 0 Å². The molecule has 5 heteroatoms. The Bertz CT molecular complexity index is 719. The molecule has 0 bridgehead atoms. The second-order valence-corrected chi connectivity index (χ2v) is 7.34. The van der Waals surface area contributed by atoms with Crippen molar-refractivity contribution in [1.82, 2.24) is 10.2 Å². The van der Waals surface area contributed by atoms with Crippen molar-refractivity contribution in [3.8, 4) is 0 Å². The van der Waals surface area contributed by atoms with Gasteiger partial charge < -0.3 is 5.32 Å². The third kappa shape index (κ3) is 4.77. The molecule has 3 nitrogen and oxygen atoms in total. The van der Waals surface area contributed by atoms with E-state index in [0.29, 0.717) is 12.1 Å². The normalized spacial score (nSPS) is 16.8. The van der Waals surface area contributed by atoms with E-state index < -0.39 is 0 Å². The number of amides is 1. The number of hydrogen-bond donors (Lipinski definition) is 1. The fourth-order valence-corrected chi connectivity index (χ4v) is 3.89. The van der Waals surface area contributed by atoms with Crippen LogP contribution in [0.3, 0.4) is 0 Å². The lowest BCUT2D eigenvalue weighted by Gasteiger charge is -2.28. The SMILES string of the molecule is C/C(=C\c1cccs1)C(=O)NCC(c1ccc(F)cc1)N1CCCC1. The molecule has 2 heterocycles. The zero-order chi connectivity index (χ0) is 17.6. The Kier molecular flexibility index (Phi) is 6.00. The van der Waals surface area contributed by atoms with Crippen LogP contribution in [0.4, 0.5) is 4.39 Å². The molecule has 0 spiro atoms. The van der Waals surface area contributed by atoms with Gasteiger partial charge >= 0.3 is 0 Å². The van der Waals surface area contributed by atoms with Gasteiger partial charge in [-0.05, 0) is 68.1 Å². The molecule has 0 saturated carbocycles. The van der Waals surface area contributed by atoms with Crippen LogP contribution in [0.15, 0.2) is 47.4 Å². The van der Waals surface area contributed by atoms with Crippen molar-refractivity contribution < 1.29 is 9.18 Å². The number of nitrogens with zero attached hydrogens (tertiary/aromatic N) is 1. The fourth-order valence-electron chi connectivity index (χ4n) is 3.18. The molecule has 1 N–H and O–H groups in total. The van der Waals surface area contributed by atoms with Crippen LogP contribution in [0.25, 0.3) is 6.08 Å². The van der Waals surface area contributed by atoms with Crippen molar-refractivity contribution in [2.24, 2.45) is 0 Å². The lowest BCUT2D eigenvalue weighted by atomic mass is 10.1. The number of likely N-dealkylation sites (tertiary alicyclic amines) is 1. The molecule has 1 atom stereocenters. The van der Waals surface area contributed by atoms with Gasteiger partial charge in [-0.25, -0.2) is 4.39 Å². The van der Waals surface area contributed by atoms with Crippen LogP contribution in [0.5, 0.6) is 0 Å². The van der Waals surface area contributed by atoms with Crippen molar-refractivity contribution in [3.05, 3.63) is 63.6 Å². The van der Waals surface area contributed by atoms with E-state index in [4.69, 9.17) is 0 Å². The Balaban J connectivity index is 1.67. The number of thiophene rings is 1. The second kappa shape index (κ2) is 8.41. The predicted octanol–water partition coefficient (Wildman–Crippen LogP) is 4.24. The Morgan fingerprint density at radius 2 is 2.00 bits per heavy atom. The summed E-state index contributed by atoms with van der Waals surface area (Å²) < 4.78 is 13.2. The first-order valence-corrected chi connectivity index (χ1v) is 9.51. The molecule has 0 radical (unpaired) electrons. The maximum absolute atomic E-state index is 13.2. The number of carbonyl (C=O) groups is 1. The van der Waals surface area contributed by atoms with Crippen molar-refractivity contribution in [2.45, 2.75) is 25.8 Å². The summed E-state index contributed by atoms with van der Waals surface area (Å²) in [5.41, 5.74) is 1.74. The zero-order valence-corrected chi connectivity index (χ0v) is 15.2. The molecular formula is C20H23FN2OS. The topological polar surface area (TPSA) is 32.3 Å². The van der Waals surface area contributed by atoms with E-state index in [2.05, 4.69) is 10.2 Å². The lowest BCUT2D eigenvalue weighted by Crippen LogP contribution is -2.37. The molecular weight excluding hydrogens is 335 g/mol. The molecule has 3 rings (SSSR count). The molecule has 1 unspecified atom stereocenters. The van der Waals surface area contributed by atoms with E-state index in [-0.39, 0.29) is 17.8 Å². The summed E-state index contributed by atoms with van der Waals surface area (Å²) >= 11 is 1.61. The summed E-state index contributed by atoms with van der Waals surface area (Å²) in [6.07, 6.45) is 4.24. The number of nitrogens with one attached hydrogen (secondary N) is 1. The first-order chi connectivity index (χ1) is 12.1. The van der Waals surface area contributed by atoms with Crippen molar-refractivity contribution in [2.75, 3.05) is 19.6 Å². The van der Waals surface area contributed by atoms with Crippen LogP contribution >= 0.6 is 11.3 Å². The minimum Gasteiger partial charge on any atom is -0.350 e. The van der Waals surface area contributed by atoms with Gasteiger partial charge in [0.1, 0.15) is 5.82 Å². The lowest BCUT2D eigenvalue weighted by molar-refractivity contribution is -0.117. The van der Waals surface area contributed by atoms with Crippen molar-refractivity contribution in [1.29, 1.82) is 0 Å². The Labute approximate surface area is 152 Å². The average molecular weight is 358 g/mol. The molecule has 0 aliphatic carbocycles. The number of rotatable bonds is 6. The molecule has 2 aromatic rings. The van der Waals surface area contributed by atoms with Gasteiger partial charge in [0.15, 0.2) is 0 Å². The van der Waals surface area contributed by atoms with E-state index in [9.17, 15) is 9.18 Å².